The Kier molecular flexibility index (Phi) is 3.88. The third kappa shape index (κ3) is 3.10. The first-order valence-corrected chi connectivity index (χ1v) is 6.91. The molecule has 0 aromatic heterocycles. The number of hydrogen-bond acceptors (Lipinski definition) is 1. The molecule has 1 saturated carbocycles. The van der Waals surface area contributed by atoms with Gasteiger partial charge >= 0.3 is 0 Å². The molecular weight excluding hydrogens is 206 g/mol. The Balaban J connectivity index is 2.02. The second-order valence-corrected chi connectivity index (χ2v) is 5.91. The molecule has 1 aliphatic rings. The van der Waals surface area contributed by atoms with Crippen LogP contribution in [0.3, 0.4) is 0 Å². The molecule has 0 spiro atoms. The third-order valence-electron chi connectivity index (χ3n) is 4.21. The second kappa shape index (κ2) is 5.22. The number of benzene rings is 1. The van der Waals surface area contributed by atoms with Crippen LogP contribution in [0.2, 0.25) is 0 Å². The molecule has 17 heavy (non-hydrogen) atoms. The highest BCUT2D eigenvalue weighted by atomic mass is 14.9. The fraction of sp³-hybridized carbons (Fsp3) is 0.625. The minimum atomic E-state index is 0.499. The summed E-state index contributed by atoms with van der Waals surface area (Å²) in [7, 11) is 0. The summed E-state index contributed by atoms with van der Waals surface area (Å²) in [5.41, 5.74) is 3.48. The zero-order chi connectivity index (χ0) is 12.3. The Morgan fingerprint density at radius 2 is 2.12 bits per heavy atom. The number of hydrogen-bond donors (Lipinski definition) is 1. The highest BCUT2D eigenvalue weighted by Crippen LogP contribution is 2.41. The number of rotatable bonds is 4. The summed E-state index contributed by atoms with van der Waals surface area (Å²) in [5.74, 6) is 0. The second-order valence-electron chi connectivity index (χ2n) is 5.91. The van der Waals surface area contributed by atoms with E-state index in [1.54, 1.807) is 0 Å². The number of nitrogens with one attached hydrogen (secondary N) is 1. The van der Waals surface area contributed by atoms with Crippen LogP contribution in [0.5, 0.6) is 0 Å². The van der Waals surface area contributed by atoms with E-state index >= 15 is 0 Å². The average Bonchev–Trinajstić information content (AvgIpc) is 2.64. The van der Waals surface area contributed by atoms with Gasteiger partial charge in [-0.15, -0.1) is 0 Å². The van der Waals surface area contributed by atoms with Gasteiger partial charge in [0.1, 0.15) is 0 Å². The van der Waals surface area contributed by atoms with Crippen molar-refractivity contribution >= 4 is 0 Å². The highest BCUT2D eigenvalue weighted by molar-refractivity contribution is 5.27. The molecule has 1 nitrogen and oxygen atoms in total. The molecule has 2 unspecified atom stereocenters. The Bertz CT molecular complexity index is 372. The van der Waals surface area contributed by atoms with Crippen LogP contribution in [0, 0.1) is 12.3 Å². The quantitative estimate of drug-likeness (QED) is 0.833. The summed E-state index contributed by atoms with van der Waals surface area (Å²) in [6, 6.07) is 9.57. The fourth-order valence-corrected chi connectivity index (χ4v) is 3.21. The Labute approximate surface area is 106 Å². The van der Waals surface area contributed by atoms with Crippen LogP contribution < -0.4 is 5.32 Å². The van der Waals surface area contributed by atoms with Crippen molar-refractivity contribution in [2.75, 3.05) is 6.54 Å². The summed E-state index contributed by atoms with van der Waals surface area (Å²) < 4.78 is 0. The SMILES string of the molecule is CCNC1CCC(C)(Cc2ccccc2C)C1. The summed E-state index contributed by atoms with van der Waals surface area (Å²) >= 11 is 0. The van der Waals surface area contributed by atoms with Crippen LogP contribution in [0.15, 0.2) is 24.3 Å². The lowest BCUT2D eigenvalue weighted by atomic mass is 9.81. The van der Waals surface area contributed by atoms with E-state index in [0.29, 0.717) is 5.41 Å². The molecule has 1 aromatic carbocycles. The molecule has 0 saturated heterocycles. The molecule has 0 aliphatic heterocycles. The maximum Gasteiger partial charge on any atom is 0.00724 e. The van der Waals surface area contributed by atoms with E-state index in [-0.39, 0.29) is 0 Å². The largest absolute Gasteiger partial charge is 0.314 e. The van der Waals surface area contributed by atoms with E-state index in [4.69, 9.17) is 0 Å². The lowest BCUT2D eigenvalue weighted by Crippen LogP contribution is -2.28. The molecule has 1 aliphatic carbocycles. The minimum absolute atomic E-state index is 0.499. The van der Waals surface area contributed by atoms with Crippen LogP contribution in [-0.2, 0) is 6.42 Å². The van der Waals surface area contributed by atoms with Gasteiger partial charge in [-0.3, -0.25) is 0 Å². The van der Waals surface area contributed by atoms with Crippen molar-refractivity contribution in [3.63, 3.8) is 0 Å². The predicted octanol–water partition coefficient (Wildman–Crippen LogP) is 3.71. The van der Waals surface area contributed by atoms with Crippen LogP contribution in [-0.4, -0.2) is 12.6 Å². The van der Waals surface area contributed by atoms with Crippen molar-refractivity contribution in [2.24, 2.45) is 5.41 Å². The van der Waals surface area contributed by atoms with Gasteiger partial charge in [-0.25, -0.2) is 0 Å². The Morgan fingerprint density at radius 3 is 2.82 bits per heavy atom. The van der Waals surface area contributed by atoms with Crippen LogP contribution in [0.25, 0.3) is 0 Å². The minimum Gasteiger partial charge on any atom is -0.314 e. The lowest BCUT2D eigenvalue weighted by Gasteiger charge is -2.25. The molecule has 1 aromatic rings. The van der Waals surface area contributed by atoms with Crippen molar-refractivity contribution < 1.29 is 0 Å². The predicted molar refractivity (Wildman–Crippen MR) is 74.3 cm³/mol. The molecule has 2 atom stereocenters. The first-order valence-electron chi connectivity index (χ1n) is 6.91. The lowest BCUT2D eigenvalue weighted by molar-refractivity contribution is 0.322. The van der Waals surface area contributed by atoms with Gasteiger partial charge in [-0.2, -0.15) is 0 Å². The van der Waals surface area contributed by atoms with Gasteiger partial charge in [-0.05, 0) is 55.7 Å². The topological polar surface area (TPSA) is 12.0 Å². The summed E-state index contributed by atoms with van der Waals surface area (Å²) in [6.07, 6.45) is 5.27. The van der Waals surface area contributed by atoms with E-state index in [9.17, 15) is 0 Å². The molecule has 0 heterocycles. The third-order valence-corrected chi connectivity index (χ3v) is 4.21. The van der Waals surface area contributed by atoms with Gasteiger partial charge in [0.2, 0.25) is 0 Å². The average molecular weight is 231 g/mol. The highest BCUT2D eigenvalue weighted by Gasteiger charge is 2.34. The molecule has 1 N–H and O–H groups in total. The van der Waals surface area contributed by atoms with Crippen molar-refractivity contribution in [1.29, 1.82) is 0 Å². The van der Waals surface area contributed by atoms with Crippen molar-refractivity contribution in [1.82, 2.24) is 5.32 Å². The van der Waals surface area contributed by atoms with E-state index in [1.165, 1.54) is 36.8 Å². The summed E-state index contributed by atoms with van der Waals surface area (Å²) in [6.45, 7) is 7.99. The normalized spacial score (nSPS) is 28.5. The molecule has 94 valence electrons. The Hall–Kier alpha value is -0.820. The van der Waals surface area contributed by atoms with Gasteiger partial charge in [-0.1, -0.05) is 38.1 Å². The van der Waals surface area contributed by atoms with Crippen LogP contribution >= 0.6 is 0 Å². The molecule has 0 amide bonds. The van der Waals surface area contributed by atoms with Crippen molar-refractivity contribution in [3.05, 3.63) is 35.4 Å². The number of aryl methyl sites for hydroxylation is 1. The molecule has 1 fully saturated rings. The first kappa shape index (κ1) is 12.6. The van der Waals surface area contributed by atoms with Gasteiger partial charge in [0.05, 0.1) is 0 Å². The Morgan fingerprint density at radius 1 is 1.35 bits per heavy atom. The molecule has 0 bridgehead atoms. The van der Waals surface area contributed by atoms with E-state index in [0.717, 1.165) is 12.6 Å². The van der Waals surface area contributed by atoms with Gasteiger partial charge in [0.15, 0.2) is 0 Å². The fourth-order valence-electron chi connectivity index (χ4n) is 3.21. The van der Waals surface area contributed by atoms with Gasteiger partial charge < -0.3 is 5.32 Å². The van der Waals surface area contributed by atoms with E-state index in [1.807, 2.05) is 0 Å². The summed E-state index contributed by atoms with van der Waals surface area (Å²) in [4.78, 5) is 0. The monoisotopic (exact) mass is 231 g/mol. The van der Waals surface area contributed by atoms with Crippen molar-refractivity contribution in [2.45, 2.75) is 52.5 Å². The maximum absolute atomic E-state index is 3.60. The first-order chi connectivity index (χ1) is 8.13. The molecule has 0 radical (unpaired) electrons. The van der Waals surface area contributed by atoms with Crippen molar-refractivity contribution in [3.8, 4) is 0 Å². The molecular formula is C16H25N. The zero-order valence-electron chi connectivity index (χ0n) is 11.4. The molecule has 1 heteroatoms. The van der Waals surface area contributed by atoms with Gasteiger partial charge in [0, 0.05) is 6.04 Å². The van der Waals surface area contributed by atoms with E-state index in [2.05, 4.69) is 50.4 Å². The van der Waals surface area contributed by atoms with Crippen LogP contribution in [0.4, 0.5) is 0 Å². The van der Waals surface area contributed by atoms with E-state index < -0.39 is 0 Å². The molecule has 2 rings (SSSR count). The maximum atomic E-state index is 3.60. The standard InChI is InChI=1S/C16H25N/c1-4-17-15-9-10-16(3,12-15)11-14-8-6-5-7-13(14)2/h5-8,15,17H,4,9-12H2,1-3H3. The summed E-state index contributed by atoms with van der Waals surface area (Å²) in [5, 5.41) is 3.60. The van der Waals surface area contributed by atoms with Crippen LogP contribution in [0.1, 0.15) is 44.2 Å². The zero-order valence-corrected chi connectivity index (χ0v) is 11.4. The smallest absolute Gasteiger partial charge is 0.00724 e. The van der Waals surface area contributed by atoms with Gasteiger partial charge in [0.25, 0.3) is 0 Å².